The van der Waals surface area contributed by atoms with Crippen molar-refractivity contribution in [1.29, 1.82) is 0 Å². The fraction of sp³-hybridized carbons (Fsp3) is 0.400. The molecule has 0 amide bonds. The SMILES string of the molecule is Cc1ccc(F)cc1[C@@H](N)[C@H](C)O. The van der Waals surface area contributed by atoms with Crippen LogP contribution in [0, 0.1) is 12.7 Å². The van der Waals surface area contributed by atoms with Gasteiger partial charge in [-0.3, -0.25) is 0 Å². The number of halogens is 1. The predicted molar refractivity (Wildman–Crippen MR) is 49.7 cm³/mol. The van der Waals surface area contributed by atoms with E-state index in [1.165, 1.54) is 12.1 Å². The molecular formula is C10H14FNO. The van der Waals surface area contributed by atoms with Gasteiger partial charge in [-0.15, -0.1) is 0 Å². The van der Waals surface area contributed by atoms with E-state index in [2.05, 4.69) is 0 Å². The molecule has 0 radical (unpaired) electrons. The predicted octanol–water partition coefficient (Wildman–Crippen LogP) is 1.51. The number of rotatable bonds is 2. The summed E-state index contributed by atoms with van der Waals surface area (Å²) < 4.78 is 12.8. The Bertz CT molecular complexity index is 299. The number of benzene rings is 1. The summed E-state index contributed by atoms with van der Waals surface area (Å²) >= 11 is 0. The number of aliphatic hydroxyl groups is 1. The average molecular weight is 183 g/mol. The van der Waals surface area contributed by atoms with E-state index in [1.807, 2.05) is 6.92 Å². The Kier molecular flexibility index (Phi) is 3.01. The zero-order valence-electron chi connectivity index (χ0n) is 7.79. The van der Waals surface area contributed by atoms with Gasteiger partial charge < -0.3 is 10.8 Å². The van der Waals surface area contributed by atoms with Gasteiger partial charge in [-0.1, -0.05) is 6.07 Å². The van der Waals surface area contributed by atoms with E-state index in [0.717, 1.165) is 5.56 Å². The van der Waals surface area contributed by atoms with Crippen LogP contribution in [-0.4, -0.2) is 11.2 Å². The van der Waals surface area contributed by atoms with Gasteiger partial charge >= 0.3 is 0 Å². The second kappa shape index (κ2) is 3.85. The third-order valence-electron chi connectivity index (χ3n) is 2.12. The molecule has 13 heavy (non-hydrogen) atoms. The summed E-state index contributed by atoms with van der Waals surface area (Å²) in [5, 5.41) is 9.24. The first-order valence-electron chi connectivity index (χ1n) is 4.22. The highest BCUT2D eigenvalue weighted by molar-refractivity contribution is 5.29. The molecule has 0 heterocycles. The largest absolute Gasteiger partial charge is 0.391 e. The Morgan fingerprint density at radius 1 is 1.46 bits per heavy atom. The van der Waals surface area contributed by atoms with Crippen LogP contribution in [-0.2, 0) is 0 Å². The van der Waals surface area contributed by atoms with Crippen molar-refractivity contribution in [1.82, 2.24) is 0 Å². The van der Waals surface area contributed by atoms with Crippen molar-refractivity contribution in [3.63, 3.8) is 0 Å². The molecule has 1 aromatic carbocycles. The zero-order valence-corrected chi connectivity index (χ0v) is 7.79. The first kappa shape index (κ1) is 10.2. The van der Waals surface area contributed by atoms with Crippen LogP contribution in [0.2, 0.25) is 0 Å². The number of aryl methyl sites for hydroxylation is 1. The molecule has 1 rings (SSSR count). The van der Waals surface area contributed by atoms with Crippen molar-refractivity contribution in [2.45, 2.75) is 26.0 Å². The molecule has 0 aliphatic heterocycles. The number of aliphatic hydroxyl groups excluding tert-OH is 1. The zero-order chi connectivity index (χ0) is 10.0. The van der Waals surface area contributed by atoms with Crippen LogP contribution in [0.15, 0.2) is 18.2 Å². The van der Waals surface area contributed by atoms with E-state index in [9.17, 15) is 9.50 Å². The summed E-state index contributed by atoms with van der Waals surface area (Å²) in [7, 11) is 0. The summed E-state index contributed by atoms with van der Waals surface area (Å²) in [6.45, 7) is 3.44. The van der Waals surface area contributed by atoms with Gasteiger partial charge in [0.25, 0.3) is 0 Å². The van der Waals surface area contributed by atoms with Crippen LogP contribution < -0.4 is 5.73 Å². The fourth-order valence-corrected chi connectivity index (χ4v) is 1.23. The molecule has 3 N–H and O–H groups in total. The normalized spacial score (nSPS) is 15.5. The molecule has 0 saturated carbocycles. The van der Waals surface area contributed by atoms with E-state index < -0.39 is 12.1 Å². The summed E-state index contributed by atoms with van der Waals surface area (Å²) in [6, 6.07) is 3.89. The highest BCUT2D eigenvalue weighted by atomic mass is 19.1. The van der Waals surface area contributed by atoms with Gasteiger partial charge in [-0.05, 0) is 37.1 Å². The van der Waals surface area contributed by atoms with E-state index >= 15 is 0 Å². The van der Waals surface area contributed by atoms with Crippen LogP contribution >= 0.6 is 0 Å². The molecular weight excluding hydrogens is 169 g/mol. The lowest BCUT2D eigenvalue weighted by atomic mass is 9.98. The summed E-state index contributed by atoms with van der Waals surface area (Å²) in [4.78, 5) is 0. The quantitative estimate of drug-likeness (QED) is 0.730. The lowest BCUT2D eigenvalue weighted by Crippen LogP contribution is -2.24. The minimum atomic E-state index is -0.666. The lowest BCUT2D eigenvalue weighted by molar-refractivity contribution is 0.164. The highest BCUT2D eigenvalue weighted by Gasteiger charge is 2.14. The molecule has 3 heteroatoms. The third-order valence-corrected chi connectivity index (χ3v) is 2.12. The Morgan fingerprint density at radius 3 is 2.62 bits per heavy atom. The molecule has 2 atom stereocenters. The minimum absolute atomic E-state index is 0.322. The van der Waals surface area contributed by atoms with Gasteiger partial charge in [-0.25, -0.2) is 4.39 Å². The summed E-state index contributed by atoms with van der Waals surface area (Å²) in [5.74, 6) is -0.322. The van der Waals surface area contributed by atoms with Crippen molar-refractivity contribution >= 4 is 0 Å². The molecule has 2 nitrogen and oxygen atoms in total. The topological polar surface area (TPSA) is 46.2 Å². The first-order chi connectivity index (χ1) is 6.02. The van der Waals surface area contributed by atoms with Crippen molar-refractivity contribution in [3.05, 3.63) is 35.1 Å². The average Bonchev–Trinajstić information content (AvgIpc) is 2.08. The Hall–Kier alpha value is -0.930. The maximum absolute atomic E-state index is 12.8. The molecule has 0 unspecified atom stereocenters. The Balaban J connectivity index is 3.05. The molecule has 0 bridgehead atoms. The molecule has 0 aliphatic carbocycles. The maximum Gasteiger partial charge on any atom is 0.123 e. The first-order valence-corrected chi connectivity index (χ1v) is 4.22. The summed E-state index contributed by atoms with van der Waals surface area (Å²) in [5.41, 5.74) is 7.25. The second-order valence-electron chi connectivity index (χ2n) is 3.27. The molecule has 0 fully saturated rings. The van der Waals surface area contributed by atoms with Crippen molar-refractivity contribution < 1.29 is 9.50 Å². The van der Waals surface area contributed by atoms with Gasteiger partial charge in [0.2, 0.25) is 0 Å². The standard InChI is InChI=1S/C10H14FNO/c1-6-3-4-8(11)5-9(6)10(12)7(2)13/h3-5,7,10,13H,12H2,1-2H3/t7-,10-/m0/s1. The number of nitrogens with two attached hydrogens (primary N) is 1. The molecule has 0 spiro atoms. The molecule has 0 aromatic heterocycles. The number of hydrogen-bond donors (Lipinski definition) is 2. The minimum Gasteiger partial charge on any atom is -0.391 e. The van der Waals surface area contributed by atoms with Crippen molar-refractivity contribution in [3.8, 4) is 0 Å². The summed E-state index contributed by atoms with van der Waals surface area (Å²) in [6.07, 6.45) is -0.666. The van der Waals surface area contributed by atoms with Gasteiger partial charge in [-0.2, -0.15) is 0 Å². The van der Waals surface area contributed by atoms with Gasteiger partial charge in [0.1, 0.15) is 5.82 Å². The second-order valence-corrected chi connectivity index (χ2v) is 3.27. The number of hydrogen-bond acceptors (Lipinski definition) is 2. The van der Waals surface area contributed by atoms with E-state index in [4.69, 9.17) is 5.73 Å². The maximum atomic E-state index is 12.8. The third kappa shape index (κ3) is 2.26. The van der Waals surface area contributed by atoms with E-state index in [0.29, 0.717) is 5.56 Å². The van der Waals surface area contributed by atoms with Crippen molar-refractivity contribution in [2.24, 2.45) is 5.73 Å². The van der Waals surface area contributed by atoms with Crippen LogP contribution in [0.1, 0.15) is 24.1 Å². The van der Waals surface area contributed by atoms with Crippen LogP contribution in [0.3, 0.4) is 0 Å². The van der Waals surface area contributed by atoms with Crippen LogP contribution in [0.25, 0.3) is 0 Å². The van der Waals surface area contributed by atoms with E-state index in [1.54, 1.807) is 13.0 Å². The Morgan fingerprint density at radius 2 is 2.08 bits per heavy atom. The van der Waals surface area contributed by atoms with Crippen molar-refractivity contribution in [2.75, 3.05) is 0 Å². The Labute approximate surface area is 77.2 Å². The smallest absolute Gasteiger partial charge is 0.123 e. The fourth-order valence-electron chi connectivity index (χ4n) is 1.23. The lowest BCUT2D eigenvalue weighted by Gasteiger charge is -2.17. The van der Waals surface area contributed by atoms with Crippen LogP contribution in [0.4, 0.5) is 4.39 Å². The van der Waals surface area contributed by atoms with Gasteiger partial charge in [0.15, 0.2) is 0 Å². The van der Waals surface area contributed by atoms with E-state index in [-0.39, 0.29) is 5.82 Å². The molecule has 0 aliphatic rings. The highest BCUT2D eigenvalue weighted by Crippen LogP contribution is 2.19. The van der Waals surface area contributed by atoms with Gasteiger partial charge in [0.05, 0.1) is 12.1 Å². The monoisotopic (exact) mass is 183 g/mol. The molecule has 1 aromatic rings. The molecule has 72 valence electrons. The van der Waals surface area contributed by atoms with Gasteiger partial charge in [0, 0.05) is 0 Å². The van der Waals surface area contributed by atoms with Crippen LogP contribution in [0.5, 0.6) is 0 Å². The molecule has 0 saturated heterocycles.